The fraction of sp³-hybridized carbons (Fsp3) is 0.353. The van der Waals surface area contributed by atoms with E-state index in [0.717, 1.165) is 5.56 Å². The molecule has 1 aliphatic rings. The van der Waals surface area contributed by atoms with Gasteiger partial charge < -0.3 is 24.7 Å². The van der Waals surface area contributed by atoms with Crippen LogP contribution in [-0.4, -0.2) is 41.7 Å². The van der Waals surface area contributed by atoms with Crippen molar-refractivity contribution in [2.24, 2.45) is 12.1 Å². The van der Waals surface area contributed by atoms with Crippen molar-refractivity contribution in [2.45, 2.75) is 12.5 Å². The minimum absolute atomic E-state index is 0.0838. The number of aromatic hydroxyl groups is 1. The van der Waals surface area contributed by atoms with E-state index in [4.69, 9.17) is 26.4 Å². The maximum absolute atomic E-state index is 12.3. The highest BCUT2D eigenvalue weighted by atomic mass is 32.1. The third-order valence-electron chi connectivity index (χ3n) is 4.44. The summed E-state index contributed by atoms with van der Waals surface area (Å²) in [4.78, 5) is 14.8. The lowest BCUT2D eigenvalue weighted by molar-refractivity contribution is 0.320. The zero-order chi connectivity index (χ0) is 19.7. The molecule has 3 N–H and O–H groups in total. The second kappa shape index (κ2) is 7.31. The number of hydrogen-bond donors (Lipinski definition) is 3. The quantitative estimate of drug-likeness (QED) is 0.663. The first-order valence-corrected chi connectivity index (χ1v) is 8.47. The summed E-state index contributed by atoms with van der Waals surface area (Å²) >= 11 is 5.00. The van der Waals surface area contributed by atoms with E-state index >= 15 is 0 Å². The number of nitrogens with zero attached hydrogens (tertiary/aromatic N) is 2. The van der Waals surface area contributed by atoms with Gasteiger partial charge in [0.05, 0.1) is 33.1 Å². The van der Waals surface area contributed by atoms with Crippen molar-refractivity contribution < 1.29 is 19.3 Å². The molecule has 1 aromatic heterocycles. The average molecular weight is 392 g/mol. The Morgan fingerprint density at radius 1 is 1.22 bits per heavy atom. The van der Waals surface area contributed by atoms with Gasteiger partial charge in [-0.15, -0.1) is 0 Å². The smallest absolute Gasteiger partial charge is 0.264 e. The van der Waals surface area contributed by atoms with Gasteiger partial charge in [0.1, 0.15) is 5.56 Å². The van der Waals surface area contributed by atoms with Gasteiger partial charge in [0.25, 0.3) is 5.56 Å². The van der Waals surface area contributed by atoms with Crippen LogP contribution in [0.2, 0.25) is 0 Å². The first kappa shape index (κ1) is 18.8. The van der Waals surface area contributed by atoms with Crippen LogP contribution in [0.5, 0.6) is 23.1 Å². The fourth-order valence-corrected chi connectivity index (χ4v) is 3.22. The van der Waals surface area contributed by atoms with Crippen molar-refractivity contribution in [3.63, 3.8) is 0 Å². The minimum Gasteiger partial charge on any atom is -0.494 e. The number of rotatable bonds is 5. The molecule has 1 atom stereocenters. The van der Waals surface area contributed by atoms with Crippen LogP contribution in [0.3, 0.4) is 0 Å². The van der Waals surface area contributed by atoms with Gasteiger partial charge in [-0.05, 0) is 24.4 Å². The molecule has 0 bridgehead atoms. The molecule has 144 valence electrons. The van der Waals surface area contributed by atoms with E-state index in [1.54, 1.807) is 20.2 Å². The van der Waals surface area contributed by atoms with E-state index in [0.29, 0.717) is 29.4 Å². The third kappa shape index (κ3) is 3.12. The van der Waals surface area contributed by atoms with E-state index < -0.39 is 5.56 Å². The highest BCUT2D eigenvalue weighted by Crippen LogP contribution is 2.43. The molecular formula is C17H20N4O5S. The highest BCUT2D eigenvalue weighted by molar-refractivity contribution is 7.71. The van der Waals surface area contributed by atoms with Crippen LogP contribution in [-0.2, 0) is 7.05 Å². The molecule has 27 heavy (non-hydrogen) atoms. The number of ether oxygens (including phenoxy) is 3. The lowest BCUT2D eigenvalue weighted by atomic mass is 9.98. The van der Waals surface area contributed by atoms with Crippen LogP contribution in [0.15, 0.2) is 22.0 Å². The van der Waals surface area contributed by atoms with Gasteiger partial charge in [-0.25, -0.2) is 0 Å². The van der Waals surface area contributed by atoms with E-state index in [-0.39, 0.29) is 22.3 Å². The molecule has 0 saturated carbocycles. The Labute approximate surface area is 160 Å². The summed E-state index contributed by atoms with van der Waals surface area (Å²) in [5.41, 5.74) is 3.78. The summed E-state index contributed by atoms with van der Waals surface area (Å²) in [6.45, 7) is 0. The maximum atomic E-state index is 12.3. The van der Waals surface area contributed by atoms with Crippen molar-refractivity contribution in [1.82, 2.24) is 15.0 Å². The minimum atomic E-state index is -0.490. The first-order chi connectivity index (χ1) is 12.9. The molecule has 1 aliphatic heterocycles. The SMILES string of the molecule is COc1ccc([C@@H]2CC(c3c(O)n(C)c(=S)[nH]c3=O)=NN2)c(OC)c1OC. The van der Waals surface area contributed by atoms with Crippen LogP contribution in [0.4, 0.5) is 0 Å². The summed E-state index contributed by atoms with van der Waals surface area (Å²) in [6.07, 6.45) is 0.360. The van der Waals surface area contributed by atoms with Crippen molar-refractivity contribution in [3.8, 4) is 23.1 Å². The van der Waals surface area contributed by atoms with E-state index in [9.17, 15) is 9.90 Å². The highest BCUT2D eigenvalue weighted by Gasteiger charge is 2.30. The molecule has 1 aromatic carbocycles. The number of hydrogen-bond acceptors (Lipinski definition) is 8. The number of H-pyrrole nitrogens is 1. The lowest BCUT2D eigenvalue weighted by Gasteiger charge is -2.19. The molecule has 0 saturated heterocycles. The van der Waals surface area contributed by atoms with Gasteiger partial charge >= 0.3 is 0 Å². The second-order valence-electron chi connectivity index (χ2n) is 5.88. The predicted octanol–water partition coefficient (Wildman–Crippen LogP) is 1.61. The zero-order valence-corrected chi connectivity index (χ0v) is 16.1. The van der Waals surface area contributed by atoms with E-state index in [1.165, 1.54) is 18.8 Å². The van der Waals surface area contributed by atoms with Crippen LogP contribution in [0, 0.1) is 4.77 Å². The van der Waals surface area contributed by atoms with Gasteiger partial charge in [-0.3, -0.25) is 14.3 Å². The normalized spacial score (nSPS) is 15.9. The molecule has 0 spiro atoms. The molecule has 3 rings (SSSR count). The predicted molar refractivity (Wildman–Crippen MR) is 102 cm³/mol. The monoisotopic (exact) mass is 392 g/mol. The molecule has 0 unspecified atom stereocenters. The Kier molecular flexibility index (Phi) is 5.08. The molecule has 0 amide bonds. The summed E-state index contributed by atoms with van der Waals surface area (Å²) < 4.78 is 17.7. The van der Waals surface area contributed by atoms with Crippen LogP contribution in [0.1, 0.15) is 23.6 Å². The van der Waals surface area contributed by atoms with Gasteiger partial charge in [0.2, 0.25) is 11.6 Å². The lowest BCUT2D eigenvalue weighted by Crippen LogP contribution is -2.21. The fourth-order valence-electron chi connectivity index (χ4n) is 3.05. The Morgan fingerprint density at radius 3 is 2.56 bits per heavy atom. The molecule has 10 heteroatoms. The van der Waals surface area contributed by atoms with Gasteiger partial charge in [-0.2, -0.15) is 5.10 Å². The van der Waals surface area contributed by atoms with Crippen LogP contribution < -0.4 is 25.2 Å². The Hall–Kier alpha value is -3.01. The standard InChI is InChI=1S/C17H20N4O5S/c1-21-16(23)12(15(22)18-17(21)27)10-7-9(19-20-10)8-5-6-11(24-2)14(26-4)13(8)25-3/h5-6,9,19,23H,7H2,1-4H3,(H,18,22,27)/t9-/m0/s1. The number of benzene rings is 1. The molecule has 9 nitrogen and oxygen atoms in total. The number of aromatic amines is 1. The molecular weight excluding hydrogens is 372 g/mol. The summed E-state index contributed by atoms with van der Waals surface area (Å²) in [6, 6.07) is 3.33. The van der Waals surface area contributed by atoms with Crippen LogP contribution in [0.25, 0.3) is 0 Å². The van der Waals surface area contributed by atoms with Gasteiger partial charge in [0.15, 0.2) is 16.3 Å². The zero-order valence-electron chi connectivity index (χ0n) is 15.3. The van der Waals surface area contributed by atoms with Crippen molar-refractivity contribution in [2.75, 3.05) is 21.3 Å². The van der Waals surface area contributed by atoms with Crippen LogP contribution >= 0.6 is 12.2 Å². The topological polar surface area (TPSA) is 110 Å². The van der Waals surface area contributed by atoms with Gasteiger partial charge in [0, 0.05) is 19.0 Å². The Balaban J connectivity index is 1.99. The Bertz CT molecular complexity index is 1030. The van der Waals surface area contributed by atoms with Crippen molar-refractivity contribution in [1.29, 1.82) is 0 Å². The second-order valence-corrected chi connectivity index (χ2v) is 6.27. The van der Waals surface area contributed by atoms with E-state index in [2.05, 4.69) is 15.5 Å². The molecule has 2 aromatic rings. The number of hydrazone groups is 1. The number of methoxy groups -OCH3 is 3. The maximum Gasteiger partial charge on any atom is 0.264 e. The van der Waals surface area contributed by atoms with Crippen molar-refractivity contribution in [3.05, 3.63) is 38.4 Å². The first-order valence-electron chi connectivity index (χ1n) is 8.06. The summed E-state index contributed by atoms with van der Waals surface area (Å²) in [5, 5.41) is 14.6. The van der Waals surface area contributed by atoms with Crippen molar-refractivity contribution >= 4 is 17.9 Å². The largest absolute Gasteiger partial charge is 0.494 e. The molecule has 0 aliphatic carbocycles. The molecule has 2 heterocycles. The third-order valence-corrected chi connectivity index (χ3v) is 4.82. The number of aromatic nitrogens is 2. The van der Waals surface area contributed by atoms with Gasteiger partial charge in [-0.1, -0.05) is 0 Å². The molecule has 0 fully saturated rings. The average Bonchev–Trinajstić information content (AvgIpc) is 3.14. The summed E-state index contributed by atoms with van der Waals surface area (Å²) in [7, 11) is 6.18. The van der Waals surface area contributed by atoms with E-state index in [1.807, 2.05) is 6.07 Å². The number of nitrogens with one attached hydrogen (secondary N) is 2. The Morgan fingerprint density at radius 2 is 1.93 bits per heavy atom. The molecule has 0 radical (unpaired) electrons. The summed E-state index contributed by atoms with van der Waals surface area (Å²) in [5.74, 6) is 1.29.